The van der Waals surface area contributed by atoms with Gasteiger partial charge in [-0.15, -0.1) is 0 Å². The van der Waals surface area contributed by atoms with Crippen molar-refractivity contribution in [2.45, 2.75) is 11.3 Å². The van der Waals surface area contributed by atoms with E-state index < -0.39 is 42.8 Å². The topological polar surface area (TPSA) is 116 Å². The van der Waals surface area contributed by atoms with Gasteiger partial charge in [-0.2, -0.15) is 0 Å². The predicted molar refractivity (Wildman–Crippen MR) is 52.2 cm³/mol. The van der Waals surface area contributed by atoms with E-state index in [9.17, 15) is 27.3 Å². The van der Waals surface area contributed by atoms with Gasteiger partial charge in [-0.3, -0.25) is 10.1 Å². The lowest BCUT2D eigenvalue weighted by molar-refractivity contribution is -0.386. The Morgan fingerprint density at radius 3 is 2.41 bits per heavy atom. The number of nitrogens with zero attached hydrogens (tertiary/aromatic N) is 2. The van der Waals surface area contributed by atoms with Crippen molar-refractivity contribution < 1.29 is 22.1 Å². The molecule has 7 nitrogen and oxygen atoms in total. The van der Waals surface area contributed by atoms with Gasteiger partial charge >= 0.3 is 0 Å². The van der Waals surface area contributed by atoms with Gasteiger partial charge < -0.3 is 0 Å². The fourth-order valence-electron chi connectivity index (χ4n) is 0.982. The van der Waals surface area contributed by atoms with Gasteiger partial charge in [0.05, 0.1) is 4.92 Å². The number of hydrogen-bond donors (Lipinski definition) is 1. The molecule has 1 heterocycles. The molecule has 2 N–H and O–H groups in total. The smallest absolute Gasteiger partial charge is 0.258 e. The highest BCUT2D eigenvalue weighted by atomic mass is 35.5. The molecule has 0 atom stereocenters. The highest BCUT2D eigenvalue weighted by Gasteiger charge is 2.28. The zero-order valence-electron chi connectivity index (χ0n) is 7.80. The number of sulfonamides is 1. The van der Waals surface area contributed by atoms with E-state index >= 15 is 0 Å². The van der Waals surface area contributed by atoms with Gasteiger partial charge in [0.1, 0.15) is 10.0 Å². The third-order valence-electron chi connectivity index (χ3n) is 1.66. The minimum absolute atomic E-state index is 0.353. The van der Waals surface area contributed by atoms with Crippen molar-refractivity contribution in [1.29, 1.82) is 0 Å². The number of nitro groups is 1. The van der Waals surface area contributed by atoms with E-state index in [0.29, 0.717) is 6.07 Å². The first-order chi connectivity index (χ1) is 7.64. The molecule has 0 saturated carbocycles. The maximum Gasteiger partial charge on any atom is 0.298 e. The highest BCUT2D eigenvalue weighted by Crippen LogP contribution is 2.32. The summed E-state index contributed by atoms with van der Waals surface area (Å²) in [6.45, 7) is 0. The van der Waals surface area contributed by atoms with Gasteiger partial charge in [0.25, 0.3) is 12.1 Å². The van der Waals surface area contributed by atoms with Crippen LogP contribution >= 0.6 is 11.6 Å². The quantitative estimate of drug-likeness (QED) is 0.510. The molecule has 17 heavy (non-hydrogen) atoms. The molecular weight excluding hydrogens is 284 g/mol. The monoisotopic (exact) mass is 287 g/mol. The second kappa shape index (κ2) is 4.47. The number of primary sulfonamides is 1. The van der Waals surface area contributed by atoms with Crippen LogP contribution in [0.25, 0.3) is 0 Å². The fourth-order valence-corrected chi connectivity index (χ4v) is 2.01. The van der Waals surface area contributed by atoms with Crippen LogP contribution in [0.2, 0.25) is 5.15 Å². The van der Waals surface area contributed by atoms with Crippen molar-refractivity contribution in [3.63, 3.8) is 0 Å². The summed E-state index contributed by atoms with van der Waals surface area (Å²) in [7, 11) is -4.38. The van der Waals surface area contributed by atoms with Crippen LogP contribution in [-0.4, -0.2) is 18.3 Å². The van der Waals surface area contributed by atoms with Gasteiger partial charge in [0.15, 0.2) is 5.69 Å². The van der Waals surface area contributed by atoms with E-state index in [1.54, 1.807) is 0 Å². The highest BCUT2D eigenvalue weighted by molar-refractivity contribution is 7.89. The van der Waals surface area contributed by atoms with Gasteiger partial charge in [-0.1, -0.05) is 11.6 Å². The number of rotatable bonds is 3. The van der Waals surface area contributed by atoms with Gasteiger partial charge in [0.2, 0.25) is 10.0 Å². The zero-order chi connectivity index (χ0) is 13.4. The van der Waals surface area contributed by atoms with Crippen molar-refractivity contribution in [2.75, 3.05) is 0 Å². The van der Waals surface area contributed by atoms with Crippen LogP contribution < -0.4 is 5.14 Å². The van der Waals surface area contributed by atoms with Crippen molar-refractivity contribution in [3.8, 4) is 0 Å². The predicted octanol–water partition coefficient (Wildman–Crippen LogP) is 1.23. The van der Waals surface area contributed by atoms with Crippen LogP contribution in [0.4, 0.5) is 14.5 Å². The summed E-state index contributed by atoms with van der Waals surface area (Å²) in [5.41, 5.74) is -2.37. The molecule has 0 aliphatic carbocycles. The lowest BCUT2D eigenvalue weighted by Crippen LogP contribution is -2.14. The van der Waals surface area contributed by atoms with Crippen LogP contribution in [-0.2, 0) is 10.0 Å². The number of aromatic nitrogens is 1. The van der Waals surface area contributed by atoms with Crippen molar-refractivity contribution >= 4 is 27.3 Å². The van der Waals surface area contributed by atoms with Crippen LogP contribution in [0.1, 0.15) is 12.1 Å². The summed E-state index contributed by atoms with van der Waals surface area (Å²) in [5.74, 6) is 0. The Labute approximate surface area is 98.4 Å². The standard InChI is InChI=1S/C6H4ClF2N3O4S/c7-5-3(17(10,15)16)1-2(12(13)14)4(11-5)6(8)9/h1,6H,(H2,10,15,16). The molecule has 1 aromatic rings. The van der Waals surface area contributed by atoms with Crippen molar-refractivity contribution in [2.24, 2.45) is 5.14 Å². The average Bonchev–Trinajstić information content (AvgIpc) is 2.14. The van der Waals surface area contributed by atoms with E-state index in [2.05, 4.69) is 4.98 Å². The van der Waals surface area contributed by atoms with Gasteiger partial charge in [-0.25, -0.2) is 27.3 Å². The minimum Gasteiger partial charge on any atom is -0.258 e. The molecule has 0 unspecified atom stereocenters. The van der Waals surface area contributed by atoms with E-state index in [-0.39, 0.29) is 0 Å². The molecule has 0 bridgehead atoms. The van der Waals surface area contributed by atoms with Crippen LogP contribution in [0, 0.1) is 10.1 Å². The number of hydrogen-bond acceptors (Lipinski definition) is 5. The molecule has 0 spiro atoms. The number of alkyl halides is 2. The Morgan fingerprint density at radius 2 is 2.06 bits per heavy atom. The second-order valence-corrected chi connectivity index (χ2v) is 4.67. The lowest BCUT2D eigenvalue weighted by Gasteiger charge is -2.05. The molecule has 94 valence electrons. The minimum atomic E-state index is -4.38. The summed E-state index contributed by atoms with van der Waals surface area (Å²) in [5, 5.41) is 14.3. The Balaban J connectivity index is 3.63. The molecule has 0 radical (unpaired) electrons. The summed E-state index contributed by atoms with van der Waals surface area (Å²) in [6.07, 6.45) is -3.26. The third kappa shape index (κ3) is 2.84. The van der Waals surface area contributed by atoms with Gasteiger partial charge in [0, 0.05) is 6.07 Å². The molecule has 0 aliphatic heterocycles. The zero-order valence-corrected chi connectivity index (χ0v) is 9.37. The first-order valence-corrected chi connectivity index (χ1v) is 5.72. The molecule has 0 fully saturated rings. The summed E-state index contributed by atoms with van der Waals surface area (Å²) >= 11 is 5.31. The summed E-state index contributed by atoms with van der Waals surface area (Å²) in [4.78, 5) is 11.4. The first-order valence-electron chi connectivity index (χ1n) is 3.80. The number of nitrogens with two attached hydrogens (primary N) is 1. The van der Waals surface area contributed by atoms with E-state index in [1.165, 1.54) is 0 Å². The van der Waals surface area contributed by atoms with Crippen LogP contribution in [0.15, 0.2) is 11.0 Å². The van der Waals surface area contributed by atoms with Crippen LogP contribution in [0.3, 0.4) is 0 Å². The molecule has 1 aromatic heterocycles. The molecule has 0 amide bonds. The van der Waals surface area contributed by atoms with E-state index in [4.69, 9.17) is 16.7 Å². The summed E-state index contributed by atoms with van der Waals surface area (Å²) < 4.78 is 46.7. The van der Waals surface area contributed by atoms with Crippen molar-refractivity contribution in [1.82, 2.24) is 4.98 Å². The second-order valence-electron chi connectivity index (χ2n) is 2.78. The normalized spacial score (nSPS) is 11.8. The largest absolute Gasteiger partial charge is 0.298 e. The Bertz CT molecular complexity index is 577. The summed E-state index contributed by atoms with van der Waals surface area (Å²) in [6, 6.07) is 0.353. The average molecular weight is 288 g/mol. The maximum absolute atomic E-state index is 12.4. The van der Waals surface area contributed by atoms with E-state index in [1.807, 2.05) is 0 Å². The Hall–Kier alpha value is -1.39. The molecule has 1 rings (SSSR count). The van der Waals surface area contributed by atoms with Crippen LogP contribution in [0.5, 0.6) is 0 Å². The third-order valence-corrected chi connectivity index (χ3v) is 2.99. The van der Waals surface area contributed by atoms with Crippen molar-refractivity contribution in [3.05, 3.63) is 27.0 Å². The Kier molecular flexibility index (Phi) is 3.59. The molecule has 0 aliphatic rings. The lowest BCUT2D eigenvalue weighted by atomic mass is 10.3. The fraction of sp³-hybridized carbons (Fsp3) is 0.167. The number of pyridine rings is 1. The van der Waals surface area contributed by atoms with Gasteiger partial charge in [-0.05, 0) is 0 Å². The molecule has 0 saturated heterocycles. The molecule has 0 aromatic carbocycles. The first kappa shape index (κ1) is 13.7. The maximum atomic E-state index is 12.4. The number of halogens is 3. The van der Waals surface area contributed by atoms with E-state index in [0.717, 1.165) is 0 Å². The molecular formula is C6H4ClF2N3O4S. The Morgan fingerprint density at radius 1 is 1.53 bits per heavy atom. The molecule has 11 heteroatoms. The SMILES string of the molecule is NS(=O)(=O)c1cc([N+](=O)[O-])c(C(F)F)nc1Cl.